The standard InChI is InChI=1S/C17H21NO2/c1-13(2-3-14-6-10-17(20)11-7-14)18-16-8-4-15(12-19)5-9-16/h4-11,13,18-20H,2-3,12H2,1H3. The van der Waals surface area contributed by atoms with Crippen molar-refractivity contribution in [1.29, 1.82) is 0 Å². The normalized spacial score (nSPS) is 12.1. The van der Waals surface area contributed by atoms with Crippen LogP contribution in [0.3, 0.4) is 0 Å². The number of aryl methyl sites for hydroxylation is 1. The van der Waals surface area contributed by atoms with Gasteiger partial charge in [-0.25, -0.2) is 0 Å². The average Bonchev–Trinajstić information content (AvgIpc) is 2.47. The van der Waals surface area contributed by atoms with E-state index in [4.69, 9.17) is 5.11 Å². The first-order chi connectivity index (χ1) is 9.67. The number of aromatic hydroxyl groups is 1. The smallest absolute Gasteiger partial charge is 0.115 e. The third-order valence-corrected chi connectivity index (χ3v) is 3.35. The molecule has 0 heterocycles. The van der Waals surface area contributed by atoms with Crippen molar-refractivity contribution in [2.45, 2.75) is 32.4 Å². The first kappa shape index (κ1) is 14.4. The summed E-state index contributed by atoms with van der Waals surface area (Å²) in [6.45, 7) is 2.23. The van der Waals surface area contributed by atoms with Crippen molar-refractivity contribution in [3.63, 3.8) is 0 Å². The van der Waals surface area contributed by atoms with Crippen LogP contribution in [0.25, 0.3) is 0 Å². The van der Waals surface area contributed by atoms with E-state index in [1.807, 2.05) is 36.4 Å². The van der Waals surface area contributed by atoms with Gasteiger partial charge in [0.2, 0.25) is 0 Å². The number of nitrogens with one attached hydrogen (secondary N) is 1. The molecule has 0 aliphatic rings. The van der Waals surface area contributed by atoms with Crippen molar-refractivity contribution < 1.29 is 10.2 Å². The minimum absolute atomic E-state index is 0.0800. The Kier molecular flexibility index (Phi) is 5.02. The number of hydrogen-bond donors (Lipinski definition) is 3. The summed E-state index contributed by atoms with van der Waals surface area (Å²) in [7, 11) is 0. The topological polar surface area (TPSA) is 52.5 Å². The summed E-state index contributed by atoms with van der Waals surface area (Å²) in [6.07, 6.45) is 2.00. The molecule has 2 aromatic rings. The fourth-order valence-corrected chi connectivity index (χ4v) is 2.11. The molecule has 0 fully saturated rings. The van der Waals surface area contributed by atoms with Crippen LogP contribution in [-0.4, -0.2) is 16.3 Å². The number of hydrogen-bond acceptors (Lipinski definition) is 3. The van der Waals surface area contributed by atoms with Crippen LogP contribution in [0, 0.1) is 0 Å². The van der Waals surface area contributed by atoms with Crippen molar-refractivity contribution in [2.24, 2.45) is 0 Å². The number of rotatable bonds is 6. The minimum atomic E-state index is 0.0800. The summed E-state index contributed by atoms with van der Waals surface area (Å²) >= 11 is 0. The van der Waals surface area contributed by atoms with Gasteiger partial charge in [0.1, 0.15) is 5.75 Å². The highest BCUT2D eigenvalue weighted by atomic mass is 16.3. The number of phenols is 1. The molecule has 0 aromatic heterocycles. The number of phenolic OH excluding ortho intramolecular Hbond substituents is 1. The highest BCUT2D eigenvalue weighted by Gasteiger charge is 2.03. The van der Waals surface area contributed by atoms with E-state index in [0.29, 0.717) is 11.8 Å². The van der Waals surface area contributed by atoms with Crippen molar-refractivity contribution in [2.75, 3.05) is 5.32 Å². The highest BCUT2D eigenvalue weighted by molar-refractivity contribution is 5.45. The molecule has 1 atom stereocenters. The first-order valence-corrected chi connectivity index (χ1v) is 6.91. The predicted octanol–water partition coefficient (Wildman–Crippen LogP) is 3.32. The molecule has 0 bridgehead atoms. The fourth-order valence-electron chi connectivity index (χ4n) is 2.11. The van der Waals surface area contributed by atoms with Crippen LogP contribution in [-0.2, 0) is 13.0 Å². The molecular weight excluding hydrogens is 250 g/mol. The molecule has 1 unspecified atom stereocenters. The predicted molar refractivity (Wildman–Crippen MR) is 81.9 cm³/mol. The molecule has 2 aromatic carbocycles. The van der Waals surface area contributed by atoms with Crippen LogP contribution in [0.4, 0.5) is 5.69 Å². The van der Waals surface area contributed by atoms with Crippen LogP contribution < -0.4 is 5.32 Å². The molecule has 0 aliphatic heterocycles. The lowest BCUT2D eigenvalue weighted by molar-refractivity contribution is 0.282. The maximum absolute atomic E-state index is 9.24. The lowest BCUT2D eigenvalue weighted by atomic mass is 10.1. The zero-order chi connectivity index (χ0) is 14.4. The SMILES string of the molecule is CC(CCc1ccc(O)cc1)Nc1ccc(CO)cc1. The molecule has 0 aliphatic carbocycles. The molecule has 3 heteroatoms. The first-order valence-electron chi connectivity index (χ1n) is 6.91. The van der Waals surface area contributed by atoms with Gasteiger partial charge in [-0.2, -0.15) is 0 Å². The maximum atomic E-state index is 9.24. The summed E-state index contributed by atoms with van der Waals surface area (Å²) in [5, 5.41) is 21.7. The molecule has 0 radical (unpaired) electrons. The number of aliphatic hydroxyl groups excluding tert-OH is 1. The number of aliphatic hydroxyl groups is 1. The van der Waals surface area contributed by atoms with Gasteiger partial charge < -0.3 is 15.5 Å². The molecule has 2 rings (SSSR count). The Balaban J connectivity index is 1.82. The second-order valence-electron chi connectivity index (χ2n) is 5.11. The largest absolute Gasteiger partial charge is 0.508 e. The average molecular weight is 271 g/mol. The van der Waals surface area contributed by atoms with E-state index >= 15 is 0 Å². The van der Waals surface area contributed by atoms with Gasteiger partial charge in [-0.3, -0.25) is 0 Å². The molecule has 20 heavy (non-hydrogen) atoms. The van der Waals surface area contributed by atoms with Crippen LogP contribution in [0.2, 0.25) is 0 Å². The molecule has 0 saturated carbocycles. The summed E-state index contributed by atoms with van der Waals surface area (Å²) in [6, 6.07) is 15.6. The lowest BCUT2D eigenvalue weighted by Gasteiger charge is -2.15. The Morgan fingerprint density at radius 1 is 0.950 bits per heavy atom. The second kappa shape index (κ2) is 6.96. The van der Waals surface area contributed by atoms with E-state index in [9.17, 15) is 5.11 Å². The third kappa shape index (κ3) is 4.28. The van der Waals surface area contributed by atoms with Gasteiger partial charge in [0.05, 0.1) is 6.61 Å². The molecule has 0 spiro atoms. The van der Waals surface area contributed by atoms with E-state index in [-0.39, 0.29) is 6.61 Å². The lowest BCUT2D eigenvalue weighted by Crippen LogP contribution is -2.15. The van der Waals surface area contributed by atoms with E-state index in [1.165, 1.54) is 5.56 Å². The van der Waals surface area contributed by atoms with Crippen LogP contribution in [0.5, 0.6) is 5.75 Å². The molecule has 3 N–H and O–H groups in total. The molecule has 3 nitrogen and oxygen atoms in total. The van der Waals surface area contributed by atoms with Crippen LogP contribution >= 0.6 is 0 Å². The van der Waals surface area contributed by atoms with Gasteiger partial charge in [-0.1, -0.05) is 24.3 Å². The van der Waals surface area contributed by atoms with Gasteiger partial charge in [0, 0.05) is 11.7 Å². The molecule has 106 valence electrons. The molecular formula is C17H21NO2. The Hall–Kier alpha value is -2.00. The Labute approximate surface area is 119 Å². The van der Waals surface area contributed by atoms with Crippen LogP contribution in [0.15, 0.2) is 48.5 Å². The fraction of sp³-hybridized carbons (Fsp3) is 0.294. The Morgan fingerprint density at radius 3 is 2.15 bits per heavy atom. The van der Waals surface area contributed by atoms with Gasteiger partial charge in [0.15, 0.2) is 0 Å². The zero-order valence-corrected chi connectivity index (χ0v) is 11.7. The molecule has 0 amide bonds. The number of benzene rings is 2. The zero-order valence-electron chi connectivity index (χ0n) is 11.7. The Bertz CT molecular complexity index is 520. The van der Waals surface area contributed by atoms with E-state index in [2.05, 4.69) is 12.2 Å². The van der Waals surface area contributed by atoms with Gasteiger partial charge in [-0.15, -0.1) is 0 Å². The van der Waals surface area contributed by atoms with Gasteiger partial charge in [0.25, 0.3) is 0 Å². The third-order valence-electron chi connectivity index (χ3n) is 3.35. The minimum Gasteiger partial charge on any atom is -0.508 e. The molecule has 0 saturated heterocycles. The summed E-state index contributed by atoms with van der Waals surface area (Å²) in [5.41, 5.74) is 3.22. The van der Waals surface area contributed by atoms with E-state index in [1.54, 1.807) is 12.1 Å². The van der Waals surface area contributed by atoms with E-state index in [0.717, 1.165) is 24.1 Å². The monoisotopic (exact) mass is 271 g/mol. The summed E-state index contributed by atoms with van der Waals surface area (Å²) in [4.78, 5) is 0. The highest BCUT2D eigenvalue weighted by Crippen LogP contribution is 2.15. The van der Waals surface area contributed by atoms with Crippen molar-refractivity contribution >= 4 is 5.69 Å². The van der Waals surface area contributed by atoms with Crippen LogP contribution in [0.1, 0.15) is 24.5 Å². The van der Waals surface area contributed by atoms with Crippen molar-refractivity contribution in [1.82, 2.24) is 0 Å². The van der Waals surface area contributed by atoms with E-state index < -0.39 is 0 Å². The summed E-state index contributed by atoms with van der Waals surface area (Å²) in [5.74, 6) is 0.309. The number of anilines is 1. The maximum Gasteiger partial charge on any atom is 0.115 e. The van der Waals surface area contributed by atoms with Crippen molar-refractivity contribution in [3.05, 3.63) is 59.7 Å². The quantitative estimate of drug-likeness (QED) is 0.755. The second-order valence-corrected chi connectivity index (χ2v) is 5.11. The van der Waals surface area contributed by atoms with Gasteiger partial charge >= 0.3 is 0 Å². The summed E-state index contributed by atoms with van der Waals surface area (Å²) < 4.78 is 0. The van der Waals surface area contributed by atoms with Gasteiger partial charge in [-0.05, 0) is 55.2 Å². The van der Waals surface area contributed by atoms with Crippen molar-refractivity contribution in [3.8, 4) is 5.75 Å². The Morgan fingerprint density at radius 2 is 1.55 bits per heavy atom.